The van der Waals surface area contributed by atoms with E-state index < -0.39 is 0 Å². The van der Waals surface area contributed by atoms with Gasteiger partial charge in [-0.05, 0) is 24.9 Å². The van der Waals surface area contributed by atoms with Crippen molar-refractivity contribution in [1.29, 1.82) is 0 Å². The highest BCUT2D eigenvalue weighted by Crippen LogP contribution is 2.05. The van der Waals surface area contributed by atoms with Gasteiger partial charge >= 0.3 is 0 Å². The van der Waals surface area contributed by atoms with Gasteiger partial charge < -0.3 is 10.6 Å². The summed E-state index contributed by atoms with van der Waals surface area (Å²) in [5.41, 5.74) is 7.51. The molecule has 0 aliphatic heterocycles. The summed E-state index contributed by atoms with van der Waals surface area (Å²) in [6.07, 6.45) is 2.20. The molecule has 0 heterocycles. The van der Waals surface area contributed by atoms with Crippen molar-refractivity contribution in [3.05, 3.63) is 35.9 Å². The number of hydrogen-bond donors (Lipinski definition) is 1. The summed E-state index contributed by atoms with van der Waals surface area (Å²) in [6, 6.07) is 10.7. The van der Waals surface area contributed by atoms with E-state index in [0.29, 0.717) is 0 Å². The van der Waals surface area contributed by atoms with Gasteiger partial charge in [0.05, 0.1) is 0 Å². The van der Waals surface area contributed by atoms with Crippen molar-refractivity contribution in [2.75, 3.05) is 20.1 Å². The quantitative estimate of drug-likeness (QED) is 0.785. The van der Waals surface area contributed by atoms with Crippen molar-refractivity contribution in [2.45, 2.75) is 32.7 Å². The van der Waals surface area contributed by atoms with E-state index in [1.807, 2.05) is 6.07 Å². The van der Waals surface area contributed by atoms with Gasteiger partial charge in [0.2, 0.25) is 0 Å². The first-order valence-corrected chi connectivity index (χ1v) is 6.59. The highest BCUT2D eigenvalue weighted by Gasteiger charge is 2.09. The van der Waals surface area contributed by atoms with Crippen molar-refractivity contribution in [1.82, 2.24) is 4.90 Å². The second-order valence-electron chi connectivity index (χ2n) is 5.18. The van der Waals surface area contributed by atoms with E-state index >= 15 is 0 Å². The molecule has 96 valence electrons. The summed E-state index contributed by atoms with van der Waals surface area (Å²) in [5.74, 6) is 0.754. The van der Waals surface area contributed by atoms with Gasteiger partial charge in [-0.25, -0.2) is 0 Å². The lowest BCUT2D eigenvalue weighted by atomic mass is 10.1. The Morgan fingerprint density at radius 2 is 1.82 bits per heavy atom. The fourth-order valence-electron chi connectivity index (χ4n) is 2.12. The summed E-state index contributed by atoms with van der Waals surface area (Å²) in [5, 5.41) is 0. The predicted octanol–water partition coefficient (Wildman–Crippen LogP) is 2.53. The lowest BCUT2D eigenvalue weighted by Crippen LogP contribution is -2.38. The van der Waals surface area contributed by atoms with Crippen LogP contribution in [0.25, 0.3) is 0 Å². The molecule has 1 rings (SSSR count). The molecular formula is C15H26N2. The average molecular weight is 234 g/mol. The average Bonchev–Trinajstić information content (AvgIpc) is 2.29. The first-order chi connectivity index (χ1) is 8.11. The van der Waals surface area contributed by atoms with Crippen molar-refractivity contribution in [3.8, 4) is 0 Å². The Hall–Kier alpha value is -0.860. The zero-order valence-electron chi connectivity index (χ0n) is 11.4. The monoisotopic (exact) mass is 234 g/mol. The van der Waals surface area contributed by atoms with Crippen LogP contribution in [0.5, 0.6) is 0 Å². The Bertz CT molecular complexity index is 297. The van der Waals surface area contributed by atoms with Crippen LogP contribution in [-0.2, 0) is 6.42 Å². The second kappa shape index (κ2) is 7.46. The highest BCUT2D eigenvalue weighted by atomic mass is 15.1. The maximum Gasteiger partial charge on any atom is 0.0208 e. The van der Waals surface area contributed by atoms with Crippen LogP contribution in [-0.4, -0.2) is 31.1 Å². The van der Waals surface area contributed by atoms with Gasteiger partial charge in [-0.3, -0.25) is 0 Å². The fraction of sp³-hybridized carbons (Fsp3) is 0.600. The Labute approximate surface area is 106 Å². The van der Waals surface area contributed by atoms with Gasteiger partial charge in [0.25, 0.3) is 0 Å². The Morgan fingerprint density at radius 3 is 2.41 bits per heavy atom. The smallest absolute Gasteiger partial charge is 0.0208 e. The third kappa shape index (κ3) is 5.85. The van der Waals surface area contributed by atoms with Crippen LogP contribution in [0.4, 0.5) is 0 Å². The molecule has 2 unspecified atom stereocenters. The van der Waals surface area contributed by atoms with Gasteiger partial charge in [-0.2, -0.15) is 0 Å². The van der Waals surface area contributed by atoms with Crippen LogP contribution in [0.15, 0.2) is 30.3 Å². The molecule has 2 N–H and O–H groups in total. The molecule has 0 radical (unpaired) electrons. The zero-order valence-corrected chi connectivity index (χ0v) is 11.4. The van der Waals surface area contributed by atoms with Gasteiger partial charge in [0.1, 0.15) is 0 Å². The van der Waals surface area contributed by atoms with Crippen LogP contribution in [0.3, 0.4) is 0 Å². The molecular weight excluding hydrogens is 208 g/mol. The minimum atomic E-state index is 0.228. The van der Waals surface area contributed by atoms with Gasteiger partial charge in [0, 0.05) is 19.1 Å². The second-order valence-corrected chi connectivity index (χ2v) is 5.18. The Balaban J connectivity index is 2.31. The van der Waals surface area contributed by atoms with E-state index in [9.17, 15) is 0 Å². The third-order valence-corrected chi connectivity index (χ3v) is 3.21. The van der Waals surface area contributed by atoms with Crippen molar-refractivity contribution in [2.24, 2.45) is 11.7 Å². The molecule has 2 atom stereocenters. The molecule has 0 aliphatic carbocycles. The van der Waals surface area contributed by atoms with E-state index in [2.05, 4.69) is 50.1 Å². The molecule has 0 fully saturated rings. The lowest BCUT2D eigenvalue weighted by molar-refractivity contribution is 0.266. The molecule has 0 saturated carbocycles. The summed E-state index contributed by atoms with van der Waals surface area (Å²) < 4.78 is 0. The highest BCUT2D eigenvalue weighted by molar-refractivity contribution is 5.15. The molecule has 2 nitrogen and oxygen atoms in total. The van der Waals surface area contributed by atoms with Crippen LogP contribution in [0.1, 0.15) is 25.8 Å². The minimum Gasteiger partial charge on any atom is -0.326 e. The molecule has 2 heteroatoms. The van der Waals surface area contributed by atoms with E-state index in [-0.39, 0.29) is 6.04 Å². The predicted molar refractivity (Wildman–Crippen MR) is 75.1 cm³/mol. The fourth-order valence-corrected chi connectivity index (χ4v) is 2.12. The van der Waals surface area contributed by atoms with E-state index in [1.165, 1.54) is 12.0 Å². The molecule has 0 spiro atoms. The molecule has 0 saturated heterocycles. The normalized spacial score (nSPS) is 14.9. The standard InChI is InChI=1S/C15H26N2/c1-4-13(2)11-17(3)12-15(16)10-14-8-6-5-7-9-14/h5-9,13,15H,4,10-12,16H2,1-3H3. The van der Waals surface area contributed by atoms with Crippen LogP contribution >= 0.6 is 0 Å². The van der Waals surface area contributed by atoms with Crippen molar-refractivity contribution >= 4 is 0 Å². The number of hydrogen-bond acceptors (Lipinski definition) is 2. The van der Waals surface area contributed by atoms with Crippen LogP contribution < -0.4 is 5.73 Å². The number of nitrogens with zero attached hydrogens (tertiary/aromatic N) is 1. The van der Waals surface area contributed by atoms with Crippen molar-refractivity contribution < 1.29 is 0 Å². The SMILES string of the molecule is CCC(C)CN(C)CC(N)Cc1ccccc1. The van der Waals surface area contributed by atoms with Gasteiger partial charge in [-0.15, -0.1) is 0 Å². The molecule has 0 aromatic heterocycles. The summed E-state index contributed by atoms with van der Waals surface area (Å²) in [6.45, 7) is 6.64. The van der Waals surface area contributed by atoms with Gasteiger partial charge in [-0.1, -0.05) is 50.6 Å². The lowest BCUT2D eigenvalue weighted by Gasteiger charge is -2.24. The van der Waals surface area contributed by atoms with Gasteiger partial charge in [0.15, 0.2) is 0 Å². The zero-order chi connectivity index (χ0) is 12.7. The summed E-state index contributed by atoms with van der Waals surface area (Å²) in [7, 11) is 2.16. The molecule has 1 aromatic rings. The van der Waals surface area contributed by atoms with E-state index in [4.69, 9.17) is 5.73 Å². The van der Waals surface area contributed by atoms with Crippen LogP contribution in [0, 0.1) is 5.92 Å². The molecule has 0 aliphatic rings. The maximum atomic E-state index is 6.18. The number of benzene rings is 1. The minimum absolute atomic E-state index is 0.228. The number of rotatable bonds is 7. The molecule has 0 amide bonds. The molecule has 1 aromatic carbocycles. The molecule has 0 bridgehead atoms. The summed E-state index contributed by atoms with van der Waals surface area (Å²) in [4.78, 5) is 2.35. The number of likely N-dealkylation sites (N-methyl/N-ethyl adjacent to an activating group) is 1. The Morgan fingerprint density at radius 1 is 1.18 bits per heavy atom. The first-order valence-electron chi connectivity index (χ1n) is 6.59. The number of nitrogens with two attached hydrogens (primary N) is 1. The van der Waals surface area contributed by atoms with Crippen LogP contribution in [0.2, 0.25) is 0 Å². The topological polar surface area (TPSA) is 29.3 Å². The Kier molecular flexibility index (Phi) is 6.23. The first kappa shape index (κ1) is 14.2. The van der Waals surface area contributed by atoms with E-state index in [0.717, 1.165) is 25.4 Å². The maximum absolute atomic E-state index is 6.18. The third-order valence-electron chi connectivity index (χ3n) is 3.21. The molecule has 17 heavy (non-hydrogen) atoms. The van der Waals surface area contributed by atoms with Crippen molar-refractivity contribution in [3.63, 3.8) is 0 Å². The largest absolute Gasteiger partial charge is 0.326 e. The van der Waals surface area contributed by atoms with E-state index in [1.54, 1.807) is 0 Å². The summed E-state index contributed by atoms with van der Waals surface area (Å²) >= 11 is 0.